The second-order valence-corrected chi connectivity index (χ2v) is 4.45. The molecule has 0 aliphatic rings. The molecule has 0 atom stereocenters. The van der Waals surface area contributed by atoms with Crippen LogP contribution in [0.25, 0.3) is 11.4 Å². The Kier molecular flexibility index (Phi) is 4.92. The Hall–Kier alpha value is -2.37. The van der Waals surface area contributed by atoms with Gasteiger partial charge in [0, 0.05) is 18.7 Å². The predicted molar refractivity (Wildman–Crippen MR) is 84.4 cm³/mol. The third-order valence-corrected chi connectivity index (χ3v) is 3.09. The lowest BCUT2D eigenvalue weighted by Crippen LogP contribution is -2.25. The van der Waals surface area contributed by atoms with E-state index in [1.165, 1.54) is 0 Å². The Morgan fingerprint density at radius 2 is 1.86 bits per heavy atom. The molecule has 112 valence electrons. The standard InChI is InChI=1S/C15H21N5O/c1-4-20(5-2)15-18-13(17-14(16)19-15)11-8-7-9-12(10-11)21-6-3/h7-10H,4-6H2,1-3H3,(H2,16,17,18,19). The van der Waals surface area contributed by atoms with Gasteiger partial charge in [0.25, 0.3) is 0 Å². The van der Waals surface area contributed by atoms with Gasteiger partial charge < -0.3 is 15.4 Å². The molecule has 0 bridgehead atoms. The SMILES string of the molecule is CCOc1cccc(-c2nc(N)nc(N(CC)CC)n2)c1. The topological polar surface area (TPSA) is 77.2 Å². The van der Waals surface area contributed by atoms with Gasteiger partial charge in [-0.05, 0) is 32.9 Å². The van der Waals surface area contributed by atoms with Crippen LogP contribution < -0.4 is 15.4 Å². The number of anilines is 2. The van der Waals surface area contributed by atoms with E-state index in [2.05, 4.69) is 28.8 Å². The summed E-state index contributed by atoms with van der Waals surface area (Å²) in [5.41, 5.74) is 6.68. The summed E-state index contributed by atoms with van der Waals surface area (Å²) in [5, 5.41) is 0. The summed E-state index contributed by atoms with van der Waals surface area (Å²) in [7, 11) is 0. The highest BCUT2D eigenvalue weighted by molar-refractivity contribution is 5.60. The molecule has 2 N–H and O–H groups in total. The Balaban J connectivity index is 2.41. The Bertz CT molecular complexity index is 598. The fourth-order valence-corrected chi connectivity index (χ4v) is 2.05. The van der Waals surface area contributed by atoms with Gasteiger partial charge in [0.1, 0.15) is 5.75 Å². The van der Waals surface area contributed by atoms with Gasteiger partial charge in [-0.25, -0.2) is 0 Å². The van der Waals surface area contributed by atoms with E-state index in [1.807, 2.05) is 36.1 Å². The van der Waals surface area contributed by atoms with Crippen LogP contribution in [0.3, 0.4) is 0 Å². The smallest absolute Gasteiger partial charge is 0.230 e. The Labute approximate surface area is 125 Å². The van der Waals surface area contributed by atoms with Crippen LogP contribution in [0.15, 0.2) is 24.3 Å². The molecule has 0 aliphatic heterocycles. The van der Waals surface area contributed by atoms with Crippen molar-refractivity contribution in [2.75, 3.05) is 30.3 Å². The van der Waals surface area contributed by atoms with Crippen molar-refractivity contribution in [2.45, 2.75) is 20.8 Å². The minimum absolute atomic E-state index is 0.226. The first kappa shape index (κ1) is 15.0. The lowest BCUT2D eigenvalue weighted by atomic mass is 10.2. The second kappa shape index (κ2) is 6.88. The fraction of sp³-hybridized carbons (Fsp3) is 0.400. The van der Waals surface area contributed by atoms with Crippen LogP contribution in [0, 0.1) is 0 Å². The van der Waals surface area contributed by atoms with Gasteiger partial charge in [0.2, 0.25) is 11.9 Å². The van der Waals surface area contributed by atoms with Gasteiger partial charge in [-0.1, -0.05) is 12.1 Å². The summed E-state index contributed by atoms with van der Waals surface area (Å²) in [6.07, 6.45) is 0. The van der Waals surface area contributed by atoms with Gasteiger partial charge >= 0.3 is 0 Å². The molecule has 0 spiro atoms. The number of hydrogen-bond acceptors (Lipinski definition) is 6. The second-order valence-electron chi connectivity index (χ2n) is 4.45. The lowest BCUT2D eigenvalue weighted by Gasteiger charge is -2.18. The van der Waals surface area contributed by atoms with Crippen molar-refractivity contribution >= 4 is 11.9 Å². The molecule has 1 aromatic carbocycles. The number of rotatable bonds is 6. The molecule has 1 aromatic heterocycles. The first-order chi connectivity index (χ1) is 10.2. The van der Waals surface area contributed by atoms with Crippen molar-refractivity contribution in [3.8, 4) is 17.1 Å². The largest absolute Gasteiger partial charge is 0.494 e. The summed E-state index contributed by atoms with van der Waals surface area (Å²) >= 11 is 0. The molecule has 6 heteroatoms. The molecule has 0 unspecified atom stereocenters. The highest BCUT2D eigenvalue weighted by atomic mass is 16.5. The Morgan fingerprint density at radius 1 is 1.10 bits per heavy atom. The quantitative estimate of drug-likeness (QED) is 0.879. The van der Waals surface area contributed by atoms with Crippen LogP contribution in [0.4, 0.5) is 11.9 Å². The average Bonchev–Trinajstić information content (AvgIpc) is 2.49. The average molecular weight is 287 g/mol. The molecular weight excluding hydrogens is 266 g/mol. The molecule has 0 aliphatic carbocycles. The molecule has 0 fully saturated rings. The van der Waals surface area contributed by atoms with Crippen LogP contribution in [-0.2, 0) is 0 Å². The van der Waals surface area contributed by atoms with E-state index in [1.54, 1.807) is 0 Å². The van der Waals surface area contributed by atoms with Gasteiger partial charge in [-0.2, -0.15) is 15.0 Å². The normalized spacial score (nSPS) is 10.4. The minimum Gasteiger partial charge on any atom is -0.494 e. The van der Waals surface area contributed by atoms with Crippen LogP contribution in [0.1, 0.15) is 20.8 Å². The monoisotopic (exact) mass is 287 g/mol. The van der Waals surface area contributed by atoms with Crippen LogP contribution in [-0.4, -0.2) is 34.6 Å². The predicted octanol–water partition coefficient (Wildman–Crippen LogP) is 2.37. The minimum atomic E-state index is 0.226. The number of benzene rings is 1. The molecule has 0 radical (unpaired) electrons. The summed E-state index contributed by atoms with van der Waals surface area (Å²) < 4.78 is 5.51. The van der Waals surface area contributed by atoms with E-state index >= 15 is 0 Å². The molecule has 0 saturated heterocycles. The van der Waals surface area contributed by atoms with E-state index in [4.69, 9.17) is 10.5 Å². The molecule has 0 amide bonds. The molecular formula is C15H21N5O. The molecule has 6 nitrogen and oxygen atoms in total. The fourth-order valence-electron chi connectivity index (χ4n) is 2.05. The molecule has 0 saturated carbocycles. The Morgan fingerprint density at radius 3 is 2.52 bits per heavy atom. The van der Waals surface area contributed by atoms with Gasteiger partial charge in [-0.3, -0.25) is 0 Å². The first-order valence-corrected chi connectivity index (χ1v) is 7.17. The number of ether oxygens (including phenoxy) is 1. The third kappa shape index (κ3) is 3.59. The summed E-state index contributed by atoms with van der Waals surface area (Å²) in [6, 6.07) is 7.66. The summed E-state index contributed by atoms with van der Waals surface area (Å²) in [5.74, 6) is 2.18. The number of hydrogen-bond donors (Lipinski definition) is 1. The zero-order chi connectivity index (χ0) is 15.2. The van der Waals surface area contributed by atoms with Crippen molar-refractivity contribution in [2.24, 2.45) is 0 Å². The highest BCUT2D eigenvalue weighted by Crippen LogP contribution is 2.23. The van der Waals surface area contributed by atoms with Crippen LogP contribution in [0.2, 0.25) is 0 Å². The maximum atomic E-state index is 5.82. The van der Waals surface area contributed by atoms with E-state index in [0.29, 0.717) is 18.4 Å². The zero-order valence-corrected chi connectivity index (χ0v) is 12.7. The van der Waals surface area contributed by atoms with Crippen molar-refractivity contribution in [1.82, 2.24) is 15.0 Å². The number of aromatic nitrogens is 3. The number of nitrogens with zero attached hydrogens (tertiary/aromatic N) is 4. The highest BCUT2D eigenvalue weighted by Gasteiger charge is 2.11. The van der Waals surface area contributed by atoms with Gasteiger partial charge in [0.05, 0.1) is 6.61 Å². The van der Waals surface area contributed by atoms with Crippen molar-refractivity contribution in [3.63, 3.8) is 0 Å². The molecule has 2 aromatic rings. The molecule has 21 heavy (non-hydrogen) atoms. The zero-order valence-electron chi connectivity index (χ0n) is 12.7. The maximum Gasteiger partial charge on any atom is 0.230 e. The van der Waals surface area contributed by atoms with Crippen LogP contribution >= 0.6 is 0 Å². The van der Waals surface area contributed by atoms with Crippen LogP contribution in [0.5, 0.6) is 5.75 Å². The molecule has 1 heterocycles. The van der Waals surface area contributed by atoms with Crippen molar-refractivity contribution < 1.29 is 4.74 Å². The van der Waals surface area contributed by atoms with E-state index in [0.717, 1.165) is 24.4 Å². The molecule has 2 rings (SSSR count). The van der Waals surface area contributed by atoms with E-state index in [-0.39, 0.29) is 5.95 Å². The maximum absolute atomic E-state index is 5.82. The summed E-state index contributed by atoms with van der Waals surface area (Å²) in [4.78, 5) is 15.0. The van der Waals surface area contributed by atoms with Crippen molar-refractivity contribution in [3.05, 3.63) is 24.3 Å². The van der Waals surface area contributed by atoms with Gasteiger partial charge in [-0.15, -0.1) is 0 Å². The number of nitrogens with two attached hydrogens (primary N) is 1. The first-order valence-electron chi connectivity index (χ1n) is 7.17. The third-order valence-electron chi connectivity index (χ3n) is 3.09. The van der Waals surface area contributed by atoms with E-state index < -0.39 is 0 Å². The van der Waals surface area contributed by atoms with E-state index in [9.17, 15) is 0 Å². The summed E-state index contributed by atoms with van der Waals surface area (Å²) in [6.45, 7) is 8.31. The number of nitrogen functional groups attached to an aromatic ring is 1. The lowest BCUT2D eigenvalue weighted by molar-refractivity contribution is 0.340. The van der Waals surface area contributed by atoms with Crippen molar-refractivity contribution in [1.29, 1.82) is 0 Å². The van der Waals surface area contributed by atoms with Gasteiger partial charge in [0.15, 0.2) is 5.82 Å².